The van der Waals surface area contributed by atoms with Crippen LogP contribution in [-0.2, 0) is 0 Å². The zero-order chi connectivity index (χ0) is 15.1. The molecule has 0 aliphatic rings. The van der Waals surface area contributed by atoms with Gasteiger partial charge in [-0.05, 0) is 34.5 Å². The summed E-state index contributed by atoms with van der Waals surface area (Å²) < 4.78 is 6.12. The predicted octanol–water partition coefficient (Wildman–Crippen LogP) is 3.63. The molecule has 0 spiro atoms. The number of anilines is 1. The van der Waals surface area contributed by atoms with Crippen molar-refractivity contribution >= 4 is 27.4 Å². The number of hydrogen-bond donors (Lipinski definition) is 1. The number of aromatic nitrogens is 1. The molecule has 0 aliphatic heterocycles. The number of nitrogens with one attached hydrogen (secondary N) is 1. The van der Waals surface area contributed by atoms with Crippen LogP contribution < -0.4 is 10.1 Å². The van der Waals surface area contributed by atoms with Gasteiger partial charge in [-0.1, -0.05) is 18.2 Å². The van der Waals surface area contributed by atoms with Crippen molar-refractivity contribution in [1.82, 2.24) is 4.98 Å². The fourth-order valence-electron chi connectivity index (χ4n) is 1.69. The summed E-state index contributed by atoms with van der Waals surface area (Å²) in [6.07, 6.45) is 2.24. The molecule has 0 amide bonds. The number of nitro groups is 1. The number of para-hydroxylation sites is 1. The summed E-state index contributed by atoms with van der Waals surface area (Å²) >= 11 is 3.17. The van der Waals surface area contributed by atoms with E-state index in [2.05, 4.69) is 26.2 Å². The summed E-state index contributed by atoms with van der Waals surface area (Å²) in [5, 5.41) is 13.9. The van der Waals surface area contributed by atoms with Gasteiger partial charge in [0.1, 0.15) is 5.75 Å². The number of benzene rings is 1. The van der Waals surface area contributed by atoms with Crippen LogP contribution >= 0.6 is 15.9 Å². The number of hydrogen-bond acceptors (Lipinski definition) is 5. The van der Waals surface area contributed by atoms with E-state index in [-0.39, 0.29) is 11.5 Å². The SMILES string of the molecule is O=[N+]([O-])c1cc(Br)cnc1NCCCOc1ccccc1. The van der Waals surface area contributed by atoms with Crippen LogP contribution in [0.3, 0.4) is 0 Å². The molecule has 0 atom stereocenters. The predicted molar refractivity (Wildman–Crippen MR) is 83.6 cm³/mol. The molecule has 2 rings (SSSR count). The topological polar surface area (TPSA) is 77.3 Å². The van der Waals surface area contributed by atoms with E-state index in [9.17, 15) is 10.1 Å². The maximum Gasteiger partial charge on any atom is 0.312 e. The zero-order valence-electron chi connectivity index (χ0n) is 11.2. The van der Waals surface area contributed by atoms with Gasteiger partial charge in [-0.2, -0.15) is 0 Å². The molecule has 0 bridgehead atoms. The third-order valence-electron chi connectivity index (χ3n) is 2.66. The molecule has 1 heterocycles. The van der Waals surface area contributed by atoms with Gasteiger partial charge in [0.25, 0.3) is 0 Å². The van der Waals surface area contributed by atoms with Crippen molar-refractivity contribution in [3.63, 3.8) is 0 Å². The van der Waals surface area contributed by atoms with Crippen LogP contribution in [0.1, 0.15) is 6.42 Å². The smallest absolute Gasteiger partial charge is 0.312 e. The number of nitrogens with zero attached hydrogens (tertiary/aromatic N) is 2. The Morgan fingerprint density at radius 3 is 2.81 bits per heavy atom. The van der Waals surface area contributed by atoms with E-state index in [4.69, 9.17) is 4.74 Å². The van der Waals surface area contributed by atoms with Gasteiger partial charge >= 0.3 is 5.69 Å². The lowest BCUT2D eigenvalue weighted by Crippen LogP contribution is -2.09. The van der Waals surface area contributed by atoms with Gasteiger partial charge in [0.2, 0.25) is 5.82 Å². The molecule has 2 aromatic rings. The summed E-state index contributed by atoms with van der Waals surface area (Å²) in [7, 11) is 0. The zero-order valence-corrected chi connectivity index (χ0v) is 12.7. The summed E-state index contributed by atoms with van der Waals surface area (Å²) in [5.41, 5.74) is -0.0478. The van der Waals surface area contributed by atoms with Gasteiger partial charge in [-0.3, -0.25) is 10.1 Å². The van der Waals surface area contributed by atoms with E-state index in [1.54, 1.807) is 0 Å². The number of ether oxygens (including phenoxy) is 1. The van der Waals surface area contributed by atoms with Gasteiger partial charge in [0, 0.05) is 23.3 Å². The molecule has 0 radical (unpaired) electrons. The van der Waals surface area contributed by atoms with Crippen LogP contribution in [0.25, 0.3) is 0 Å². The van der Waals surface area contributed by atoms with Crippen LogP contribution in [0.4, 0.5) is 11.5 Å². The molecular formula is C14H14BrN3O3. The Labute approximate surface area is 130 Å². The van der Waals surface area contributed by atoms with Crippen molar-refractivity contribution in [3.8, 4) is 5.75 Å². The molecule has 6 nitrogen and oxygen atoms in total. The average molecular weight is 352 g/mol. The number of rotatable bonds is 7. The van der Waals surface area contributed by atoms with Crippen molar-refractivity contribution in [2.75, 3.05) is 18.5 Å². The lowest BCUT2D eigenvalue weighted by atomic mass is 10.3. The molecular weight excluding hydrogens is 338 g/mol. The molecule has 0 aliphatic carbocycles. The van der Waals surface area contributed by atoms with E-state index in [1.165, 1.54) is 12.3 Å². The van der Waals surface area contributed by atoms with Crippen molar-refractivity contribution in [1.29, 1.82) is 0 Å². The van der Waals surface area contributed by atoms with Crippen molar-refractivity contribution < 1.29 is 9.66 Å². The third kappa shape index (κ3) is 4.71. The van der Waals surface area contributed by atoms with E-state index < -0.39 is 4.92 Å². The fourth-order valence-corrected chi connectivity index (χ4v) is 2.01. The Kier molecular flexibility index (Phi) is 5.51. The summed E-state index contributed by atoms with van der Waals surface area (Å²) in [6.45, 7) is 1.07. The lowest BCUT2D eigenvalue weighted by molar-refractivity contribution is -0.384. The van der Waals surface area contributed by atoms with Crippen molar-refractivity contribution in [2.24, 2.45) is 0 Å². The van der Waals surface area contributed by atoms with Gasteiger partial charge in [0.15, 0.2) is 0 Å². The summed E-state index contributed by atoms with van der Waals surface area (Å²) in [6, 6.07) is 10.9. The highest BCUT2D eigenvalue weighted by molar-refractivity contribution is 9.10. The van der Waals surface area contributed by atoms with Gasteiger partial charge in [-0.25, -0.2) is 4.98 Å². The normalized spacial score (nSPS) is 10.1. The summed E-state index contributed by atoms with van der Waals surface area (Å²) in [5.74, 6) is 1.08. The number of pyridine rings is 1. The van der Waals surface area contributed by atoms with Gasteiger partial charge in [-0.15, -0.1) is 0 Å². The molecule has 1 N–H and O–H groups in total. The largest absolute Gasteiger partial charge is 0.494 e. The Hall–Kier alpha value is -2.15. The van der Waals surface area contributed by atoms with Crippen LogP contribution in [0.2, 0.25) is 0 Å². The molecule has 0 saturated heterocycles. The van der Waals surface area contributed by atoms with E-state index in [0.29, 0.717) is 24.0 Å². The van der Waals surface area contributed by atoms with Crippen molar-refractivity contribution in [3.05, 3.63) is 57.2 Å². The second-order valence-corrected chi connectivity index (χ2v) is 5.14. The third-order valence-corrected chi connectivity index (χ3v) is 3.09. The van der Waals surface area contributed by atoms with Crippen LogP contribution in [-0.4, -0.2) is 23.1 Å². The first-order valence-electron chi connectivity index (χ1n) is 6.38. The molecule has 7 heteroatoms. The van der Waals surface area contributed by atoms with E-state index in [1.807, 2.05) is 30.3 Å². The average Bonchev–Trinajstić information content (AvgIpc) is 2.49. The molecule has 110 valence electrons. The lowest BCUT2D eigenvalue weighted by Gasteiger charge is -2.08. The molecule has 1 aromatic heterocycles. The second kappa shape index (κ2) is 7.58. The second-order valence-electron chi connectivity index (χ2n) is 4.22. The Bertz CT molecular complexity index is 608. The standard InChI is InChI=1S/C14H14BrN3O3/c15-11-9-13(18(19)20)14(17-10-11)16-7-4-8-21-12-5-2-1-3-6-12/h1-3,5-6,9-10H,4,7-8H2,(H,16,17). The molecule has 0 saturated carbocycles. The highest BCUT2D eigenvalue weighted by Gasteiger charge is 2.15. The van der Waals surface area contributed by atoms with E-state index in [0.717, 1.165) is 5.75 Å². The quantitative estimate of drug-likeness (QED) is 0.468. The Balaban J connectivity index is 1.80. The van der Waals surface area contributed by atoms with Crippen molar-refractivity contribution in [2.45, 2.75) is 6.42 Å². The van der Waals surface area contributed by atoms with E-state index >= 15 is 0 Å². The van der Waals surface area contributed by atoms with Crippen LogP contribution in [0.15, 0.2) is 47.1 Å². The maximum atomic E-state index is 10.9. The molecule has 1 aromatic carbocycles. The maximum absolute atomic E-state index is 10.9. The minimum atomic E-state index is -0.458. The molecule has 0 fully saturated rings. The van der Waals surface area contributed by atoms with Crippen LogP contribution in [0.5, 0.6) is 5.75 Å². The first kappa shape index (κ1) is 15.2. The minimum absolute atomic E-state index is 0.0478. The van der Waals surface area contributed by atoms with Crippen LogP contribution in [0, 0.1) is 10.1 Å². The van der Waals surface area contributed by atoms with Gasteiger partial charge < -0.3 is 10.1 Å². The van der Waals surface area contributed by atoms with Gasteiger partial charge in [0.05, 0.1) is 11.5 Å². The molecule has 21 heavy (non-hydrogen) atoms. The Morgan fingerprint density at radius 1 is 1.33 bits per heavy atom. The minimum Gasteiger partial charge on any atom is -0.494 e. The number of halogens is 1. The monoisotopic (exact) mass is 351 g/mol. The highest BCUT2D eigenvalue weighted by atomic mass is 79.9. The highest BCUT2D eigenvalue weighted by Crippen LogP contribution is 2.25. The summed E-state index contributed by atoms with van der Waals surface area (Å²) in [4.78, 5) is 14.5. The fraction of sp³-hybridized carbons (Fsp3) is 0.214. The Morgan fingerprint density at radius 2 is 2.10 bits per heavy atom. The molecule has 0 unspecified atom stereocenters. The first-order chi connectivity index (χ1) is 10.2. The first-order valence-corrected chi connectivity index (χ1v) is 7.18.